The number of likely N-dealkylation sites (tertiary alicyclic amines) is 1. The van der Waals surface area contributed by atoms with E-state index >= 15 is 0 Å². The zero-order valence-electron chi connectivity index (χ0n) is 15.4. The van der Waals surface area contributed by atoms with Gasteiger partial charge in [-0.3, -0.25) is 19.5 Å². The van der Waals surface area contributed by atoms with E-state index in [0.717, 1.165) is 23.3 Å². The van der Waals surface area contributed by atoms with Gasteiger partial charge in [-0.05, 0) is 25.0 Å². The molecule has 1 atom stereocenters. The number of aromatic nitrogens is 3. The lowest BCUT2D eigenvalue weighted by Crippen LogP contribution is -2.46. The quantitative estimate of drug-likeness (QED) is 0.714. The Kier molecular flexibility index (Phi) is 4.76. The second-order valence-corrected chi connectivity index (χ2v) is 7.00. The van der Waals surface area contributed by atoms with Gasteiger partial charge < -0.3 is 14.3 Å². The van der Waals surface area contributed by atoms with Crippen molar-refractivity contribution < 1.29 is 18.9 Å². The Morgan fingerprint density at radius 2 is 2.21 bits per heavy atom. The van der Waals surface area contributed by atoms with Crippen LogP contribution in [0.15, 0.2) is 29.0 Å². The highest BCUT2D eigenvalue weighted by Crippen LogP contribution is 2.27. The van der Waals surface area contributed by atoms with Crippen LogP contribution >= 0.6 is 0 Å². The van der Waals surface area contributed by atoms with Crippen LogP contribution in [0, 0.1) is 0 Å². The van der Waals surface area contributed by atoms with Crippen LogP contribution in [-0.2, 0) is 9.59 Å². The molecule has 28 heavy (non-hydrogen) atoms. The summed E-state index contributed by atoms with van der Waals surface area (Å²) in [6.07, 6.45) is 4.93. The lowest BCUT2D eigenvalue weighted by Gasteiger charge is -2.31. The first-order valence-electron chi connectivity index (χ1n) is 9.10. The zero-order chi connectivity index (χ0) is 19.7. The summed E-state index contributed by atoms with van der Waals surface area (Å²) in [5.41, 5.74) is 0.761. The predicted octanol–water partition coefficient (Wildman–Crippen LogP) is 0.732. The fraction of sp³-hybridized carbons (Fsp3) is 0.444. The van der Waals surface area contributed by atoms with E-state index in [9.17, 15) is 14.4 Å². The summed E-state index contributed by atoms with van der Waals surface area (Å²) in [4.78, 5) is 49.0. The van der Waals surface area contributed by atoms with Gasteiger partial charge in [-0.25, -0.2) is 4.79 Å². The molecule has 2 aliphatic rings. The zero-order valence-corrected chi connectivity index (χ0v) is 15.4. The van der Waals surface area contributed by atoms with Crippen molar-refractivity contribution in [2.45, 2.75) is 18.8 Å². The number of imide groups is 1. The van der Waals surface area contributed by atoms with Gasteiger partial charge in [0.05, 0.1) is 5.92 Å². The first kappa shape index (κ1) is 18.1. The van der Waals surface area contributed by atoms with Gasteiger partial charge in [0.2, 0.25) is 17.6 Å². The number of carbonyl (C=O) groups is 3. The summed E-state index contributed by atoms with van der Waals surface area (Å²) in [6, 6.07) is 3.20. The summed E-state index contributed by atoms with van der Waals surface area (Å²) < 4.78 is 5.42. The molecule has 146 valence electrons. The van der Waals surface area contributed by atoms with Gasteiger partial charge in [0, 0.05) is 38.1 Å². The highest BCUT2D eigenvalue weighted by atomic mass is 16.5. The van der Waals surface area contributed by atoms with Crippen molar-refractivity contribution in [3.8, 4) is 11.4 Å². The van der Waals surface area contributed by atoms with Crippen LogP contribution in [0.5, 0.6) is 0 Å². The normalized spacial score (nSPS) is 20.2. The largest absolute Gasteiger partial charge is 0.340 e. The van der Waals surface area contributed by atoms with Crippen molar-refractivity contribution >= 4 is 17.8 Å². The van der Waals surface area contributed by atoms with Gasteiger partial charge in [0.25, 0.3) is 5.91 Å². The molecule has 0 radical (unpaired) electrons. The van der Waals surface area contributed by atoms with Gasteiger partial charge in [-0.2, -0.15) is 4.98 Å². The molecule has 2 aliphatic heterocycles. The molecular weight excluding hydrogens is 364 g/mol. The van der Waals surface area contributed by atoms with Gasteiger partial charge >= 0.3 is 6.03 Å². The molecule has 1 unspecified atom stereocenters. The van der Waals surface area contributed by atoms with E-state index in [1.54, 1.807) is 23.4 Å². The Labute approximate surface area is 161 Å². The van der Waals surface area contributed by atoms with E-state index in [-0.39, 0.29) is 30.8 Å². The Balaban J connectivity index is 1.42. The van der Waals surface area contributed by atoms with Crippen LogP contribution in [0.4, 0.5) is 4.79 Å². The first-order valence-corrected chi connectivity index (χ1v) is 9.10. The maximum Gasteiger partial charge on any atom is 0.327 e. The second-order valence-electron chi connectivity index (χ2n) is 7.00. The van der Waals surface area contributed by atoms with Crippen LogP contribution in [0.3, 0.4) is 0 Å². The smallest absolute Gasteiger partial charge is 0.327 e. The minimum absolute atomic E-state index is 0.00778. The van der Waals surface area contributed by atoms with E-state index in [1.807, 2.05) is 6.07 Å². The Bertz CT molecular complexity index is 898. The third-order valence-corrected chi connectivity index (χ3v) is 5.01. The summed E-state index contributed by atoms with van der Waals surface area (Å²) in [5.74, 6) is 0.247. The number of nitrogens with zero attached hydrogens (tertiary/aromatic N) is 6. The molecule has 4 amide bonds. The minimum atomic E-state index is -0.440. The van der Waals surface area contributed by atoms with Crippen molar-refractivity contribution in [3.05, 3.63) is 30.4 Å². The molecule has 0 N–H and O–H groups in total. The van der Waals surface area contributed by atoms with Gasteiger partial charge in [0.1, 0.15) is 13.1 Å². The number of pyridine rings is 1. The first-order chi connectivity index (χ1) is 13.5. The number of likely N-dealkylation sites (N-methyl/N-ethyl adjacent to an activating group) is 1. The Hall–Kier alpha value is -3.30. The summed E-state index contributed by atoms with van der Waals surface area (Å²) in [7, 11) is 1.54. The SMILES string of the molecule is CN1CC(=O)N(CC(=O)N2CCCC(c3nc(-c4cccnc4)no3)C2)C1=O. The number of hydrogen-bond donors (Lipinski definition) is 0. The van der Waals surface area contributed by atoms with Crippen LogP contribution < -0.4 is 0 Å². The number of urea groups is 1. The fourth-order valence-corrected chi connectivity index (χ4v) is 3.48. The molecule has 0 aromatic carbocycles. The summed E-state index contributed by atoms with van der Waals surface area (Å²) in [5, 5.41) is 4.01. The molecule has 10 heteroatoms. The third-order valence-electron chi connectivity index (χ3n) is 5.01. The number of rotatable bonds is 4. The van der Waals surface area contributed by atoms with E-state index in [1.165, 1.54) is 11.9 Å². The van der Waals surface area contributed by atoms with E-state index < -0.39 is 6.03 Å². The highest BCUT2D eigenvalue weighted by Gasteiger charge is 2.37. The molecular formula is C18H20N6O4. The Morgan fingerprint density at radius 1 is 1.36 bits per heavy atom. The maximum atomic E-state index is 12.6. The monoisotopic (exact) mass is 384 g/mol. The maximum absolute atomic E-state index is 12.6. The molecule has 10 nitrogen and oxygen atoms in total. The van der Waals surface area contributed by atoms with Crippen LogP contribution in [0.25, 0.3) is 11.4 Å². The molecule has 0 saturated carbocycles. The summed E-state index contributed by atoms with van der Waals surface area (Å²) >= 11 is 0. The number of hydrogen-bond acceptors (Lipinski definition) is 7. The van der Waals surface area contributed by atoms with Crippen LogP contribution in [-0.4, -0.2) is 80.9 Å². The lowest BCUT2D eigenvalue weighted by atomic mass is 9.98. The minimum Gasteiger partial charge on any atom is -0.340 e. The number of carbonyl (C=O) groups excluding carboxylic acids is 3. The molecule has 0 spiro atoms. The molecule has 2 aromatic rings. The van der Waals surface area contributed by atoms with E-state index in [2.05, 4.69) is 15.1 Å². The molecule has 2 aromatic heterocycles. The third kappa shape index (κ3) is 3.45. The molecule has 0 bridgehead atoms. The predicted molar refractivity (Wildman–Crippen MR) is 95.8 cm³/mol. The van der Waals surface area contributed by atoms with Crippen LogP contribution in [0.1, 0.15) is 24.7 Å². The van der Waals surface area contributed by atoms with Crippen molar-refractivity contribution in [2.75, 3.05) is 33.2 Å². The second kappa shape index (κ2) is 7.37. The van der Waals surface area contributed by atoms with Gasteiger partial charge in [-0.15, -0.1) is 0 Å². The molecule has 4 rings (SSSR count). The number of amides is 4. The Morgan fingerprint density at radius 3 is 2.93 bits per heavy atom. The van der Waals surface area contributed by atoms with Crippen molar-refractivity contribution in [2.24, 2.45) is 0 Å². The number of piperidine rings is 1. The average molecular weight is 384 g/mol. The summed E-state index contributed by atoms with van der Waals surface area (Å²) in [6.45, 7) is 0.762. The topological polar surface area (TPSA) is 113 Å². The van der Waals surface area contributed by atoms with E-state index in [0.29, 0.717) is 24.8 Å². The van der Waals surface area contributed by atoms with Gasteiger partial charge in [-0.1, -0.05) is 5.16 Å². The standard InChI is InChI=1S/C18H20N6O4/c1-22-10-15(26)24(18(22)27)11-14(25)23-7-3-5-13(9-23)17-20-16(21-28-17)12-4-2-6-19-8-12/h2,4,6,8,13H,3,5,7,9-11H2,1H3. The van der Waals surface area contributed by atoms with Crippen LogP contribution in [0.2, 0.25) is 0 Å². The fourth-order valence-electron chi connectivity index (χ4n) is 3.48. The molecule has 0 aliphatic carbocycles. The van der Waals surface area contributed by atoms with Crippen molar-refractivity contribution in [1.82, 2.24) is 29.8 Å². The van der Waals surface area contributed by atoms with Gasteiger partial charge in [0.15, 0.2) is 0 Å². The van der Waals surface area contributed by atoms with Crippen molar-refractivity contribution in [3.63, 3.8) is 0 Å². The molecule has 2 fully saturated rings. The van der Waals surface area contributed by atoms with Crippen molar-refractivity contribution in [1.29, 1.82) is 0 Å². The lowest BCUT2D eigenvalue weighted by molar-refractivity contribution is -0.137. The molecule has 4 heterocycles. The van der Waals surface area contributed by atoms with E-state index in [4.69, 9.17) is 4.52 Å². The average Bonchev–Trinajstić information content (AvgIpc) is 3.30. The highest BCUT2D eigenvalue weighted by molar-refractivity contribution is 6.04. The molecule has 2 saturated heterocycles.